The third-order valence-electron chi connectivity index (χ3n) is 3.29. The molecule has 0 radical (unpaired) electrons. The summed E-state index contributed by atoms with van der Waals surface area (Å²) in [5.74, 6) is 0. The van der Waals surface area contributed by atoms with Crippen molar-refractivity contribution in [3.05, 3.63) is 12.2 Å². The lowest BCUT2D eigenvalue weighted by Crippen LogP contribution is -2.18. The molecular weight excluding hydrogens is 264 g/mol. The highest BCUT2D eigenvalue weighted by molar-refractivity contribution is 4.80. The van der Waals surface area contributed by atoms with Gasteiger partial charge in [-0.3, -0.25) is 0 Å². The molecule has 0 aliphatic rings. The highest BCUT2D eigenvalue weighted by Gasteiger charge is 2.07. The van der Waals surface area contributed by atoms with Gasteiger partial charge < -0.3 is 14.6 Å². The van der Waals surface area contributed by atoms with Crippen molar-refractivity contribution in [3.63, 3.8) is 0 Å². The minimum atomic E-state index is 0.00585. The van der Waals surface area contributed by atoms with Crippen LogP contribution >= 0.6 is 0 Å². The SMILES string of the molecule is CCCOC(CCCCCCC/C=C/CCO)OCCC. The van der Waals surface area contributed by atoms with E-state index in [0.29, 0.717) is 0 Å². The Morgan fingerprint density at radius 2 is 1.38 bits per heavy atom. The largest absolute Gasteiger partial charge is 0.396 e. The second-order valence-electron chi connectivity index (χ2n) is 5.50. The van der Waals surface area contributed by atoms with Crippen LogP contribution in [-0.2, 0) is 9.47 Å². The minimum Gasteiger partial charge on any atom is -0.396 e. The first-order valence-corrected chi connectivity index (χ1v) is 8.84. The molecule has 0 fully saturated rings. The van der Waals surface area contributed by atoms with Crippen molar-refractivity contribution >= 4 is 0 Å². The molecule has 0 amide bonds. The van der Waals surface area contributed by atoms with Gasteiger partial charge in [-0.15, -0.1) is 0 Å². The zero-order valence-corrected chi connectivity index (χ0v) is 14.2. The van der Waals surface area contributed by atoms with Crippen LogP contribution in [0.25, 0.3) is 0 Å². The van der Waals surface area contributed by atoms with E-state index in [-0.39, 0.29) is 12.9 Å². The molecule has 3 nitrogen and oxygen atoms in total. The van der Waals surface area contributed by atoms with Crippen molar-refractivity contribution in [1.82, 2.24) is 0 Å². The zero-order chi connectivity index (χ0) is 15.6. The Morgan fingerprint density at radius 3 is 2.00 bits per heavy atom. The van der Waals surface area contributed by atoms with Crippen LogP contribution in [0, 0.1) is 0 Å². The third-order valence-corrected chi connectivity index (χ3v) is 3.29. The highest BCUT2D eigenvalue weighted by atomic mass is 16.7. The first-order chi connectivity index (χ1) is 10.3. The van der Waals surface area contributed by atoms with Gasteiger partial charge in [0.05, 0.1) is 0 Å². The molecule has 0 spiro atoms. The van der Waals surface area contributed by atoms with Crippen LogP contribution in [0.1, 0.15) is 78.1 Å². The molecule has 0 aromatic rings. The van der Waals surface area contributed by atoms with E-state index in [1.54, 1.807) is 0 Å². The predicted molar refractivity (Wildman–Crippen MR) is 89.4 cm³/mol. The van der Waals surface area contributed by atoms with E-state index in [1.165, 1.54) is 32.1 Å². The number of hydrogen-bond donors (Lipinski definition) is 1. The van der Waals surface area contributed by atoms with Crippen LogP contribution in [0.4, 0.5) is 0 Å². The minimum absolute atomic E-state index is 0.00585. The van der Waals surface area contributed by atoms with Crippen molar-refractivity contribution < 1.29 is 14.6 Å². The molecule has 0 aliphatic carbocycles. The summed E-state index contributed by atoms with van der Waals surface area (Å²) in [6.45, 7) is 6.12. The maximum Gasteiger partial charge on any atom is 0.157 e. The summed E-state index contributed by atoms with van der Waals surface area (Å²) in [4.78, 5) is 0. The molecule has 0 atom stereocenters. The summed E-state index contributed by atoms with van der Waals surface area (Å²) in [5, 5.41) is 8.65. The summed E-state index contributed by atoms with van der Waals surface area (Å²) in [6, 6.07) is 0. The standard InChI is InChI=1S/C18H36O3/c1-3-16-20-18(21-17-4-2)14-12-10-8-6-5-7-9-11-13-15-19/h9,11,18-19H,3-8,10,12-17H2,1-2H3/b11-9+. The Kier molecular flexibility index (Phi) is 17.4. The molecular formula is C18H36O3. The predicted octanol–water partition coefficient (Wildman–Crippen LogP) is 4.84. The van der Waals surface area contributed by atoms with Crippen molar-refractivity contribution in [3.8, 4) is 0 Å². The molecule has 126 valence electrons. The smallest absolute Gasteiger partial charge is 0.157 e. The highest BCUT2D eigenvalue weighted by Crippen LogP contribution is 2.12. The van der Waals surface area contributed by atoms with Crippen LogP contribution in [0.5, 0.6) is 0 Å². The van der Waals surface area contributed by atoms with Crippen LogP contribution in [0.2, 0.25) is 0 Å². The number of aliphatic hydroxyl groups is 1. The topological polar surface area (TPSA) is 38.7 Å². The van der Waals surface area contributed by atoms with Crippen LogP contribution < -0.4 is 0 Å². The molecule has 0 aliphatic heterocycles. The molecule has 0 heterocycles. The molecule has 0 saturated heterocycles. The molecule has 3 heteroatoms. The summed E-state index contributed by atoms with van der Waals surface area (Å²) < 4.78 is 11.4. The summed E-state index contributed by atoms with van der Waals surface area (Å²) in [7, 11) is 0. The molecule has 0 saturated carbocycles. The Labute approximate surface area is 131 Å². The fourth-order valence-corrected chi connectivity index (χ4v) is 2.13. The summed E-state index contributed by atoms with van der Waals surface area (Å²) >= 11 is 0. The molecule has 21 heavy (non-hydrogen) atoms. The number of unbranched alkanes of at least 4 members (excludes halogenated alkanes) is 5. The van der Waals surface area contributed by atoms with E-state index in [2.05, 4.69) is 26.0 Å². The van der Waals surface area contributed by atoms with Crippen molar-refractivity contribution in [2.24, 2.45) is 0 Å². The average molecular weight is 300 g/mol. The monoisotopic (exact) mass is 300 g/mol. The van der Waals surface area contributed by atoms with Crippen LogP contribution in [0.15, 0.2) is 12.2 Å². The van der Waals surface area contributed by atoms with Gasteiger partial charge >= 0.3 is 0 Å². The zero-order valence-electron chi connectivity index (χ0n) is 14.2. The number of aliphatic hydroxyl groups excluding tert-OH is 1. The van der Waals surface area contributed by atoms with Crippen LogP contribution in [0.3, 0.4) is 0 Å². The molecule has 1 N–H and O–H groups in total. The Morgan fingerprint density at radius 1 is 0.810 bits per heavy atom. The first-order valence-electron chi connectivity index (χ1n) is 8.84. The lowest BCUT2D eigenvalue weighted by molar-refractivity contribution is -0.146. The maximum atomic E-state index is 8.65. The van der Waals surface area contributed by atoms with Gasteiger partial charge in [-0.1, -0.05) is 45.3 Å². The quantitative estimate of drug-likeness (QED) is 0.252. The van der Waals surface area contributed by atoms with E-state index in [0.717, 1.165) is 45.3 Å². The molecule has 0 aromatic carbocycles. The average Bonchev–Trinajstić information content (AvgIpc) is 2.51. The Hall–Kier alpha value is -0.380. The van der Waals surface area contributed by atoms with E-state index in [9.17, 15) is 0 Å². The Bertz CT molecular complexity index is 209. The summed E-state index contributed by atoms with van der Waals surface area (Å²) in [5.41, 5.74) is 0. The van der Waals surface area contributed by atoms with Crippen LogP contribution in [-0.4, -0.2) is 31.2 Å². The lowest BCUT2D eigenvalue weighted by atomic mass is 10.1. The van der Waals surface area contributed by atoms with Gasteiger partial charge in [0.1, 0.15) is 0 Å². The van der Waals surface area contributed by atoms with Gasteiger partial charge in [0.2, 0.25) is 0 Å². The number of ether oxygens (including phenoxy) is 2. The fraction of sp³-hybridized carbons (Fsp3) is 0.889. The van der Waals surface area contributed by atoms with E-state index < -0.39 is 0 Å². The third kappa shape index (κ3) is 15.8. The van der Waals surface area contributed by atoms with Gasteiger partial charge in [-0.25, -0.2) is 0 Å². The second-order valence-corrected chi connectivity index (χ2v) is 5.50. The van der Waals surface area contributed by atoms with Crippen molar-refractivity contribution in [2.45, 2.75) is 84.3 Å². The van der Waals surface area contributed by atoms with Crippen molar-refractivity contribution in [2.75, 3.05) is 19.8 Å². The van der Waals surface area contributed by atoms with Gasteiger partial charge in [0, 0.05) is 19.8 Å². The molecule has 0 unspecified atom stereocenters. The number of rotatable bonds is 16. The normalized spacial score (nSPS) is 11.8. The van der Waals surface area contributed by atoms with E-state index in [4.69, 9.17) is 14.6 Å². The van der Waals surface area contributed by atoms with E-state index in [1.807, 2.05) is 0 Å². The summed E-state index contributed by atoms with van der Waals surface area (Å²) in [6.07, 6.45) is 15.6. The molecule has 0 aromatic heterocycles. The molecule has 0 bridgehead atoms. The fourth-order valence-electron chi connectivity index (χ4n) is 2.13. The molecule has 0 rings (SSSR count). The number of hydrogen-bond acceptors (Lipinski definition) is 3. The van der Waals surface area contributed by atoms with Gasteiger partial charge in [0.25, 0.3) is 0 Å². The Balaban J connectivity index is 3.43. The number of allylic oxidation sites excluding steroid dienone is 1. The van der Waals surface area contributed by atoms with Gasteiger partial charge in [-0.05, 0) is 44.9 Å². The van der Waals surface area contributed by atoms with Crippen molar-refractivity contribution in [1.29, 1.82) is 0 Å². The van der Waals surface area contributed by atoms with E-state index >= 15 is 0 Å². The van der Waals surface area contributed by atoms with Gasteiger partial charge in [-0.2, -0.15) is 0 Å². The lowest BCUT2D eigenvalue weighted by Gasteiger charge is -2.18. The maximum absolute atomic E-state index is 8.65. The van der Waals surface area contributed by atoms with Gasteiger partial charge in [0.15, 0.2) is 6.29 Å². The first kappa shape index (κ1) is 20.6. The second kappa shape index (κ2) is 17.7.